The molecule has 0 aliphatic rings. The van der Waals surface area contributed by atoms with Gasteiger partial charge in [0.2, 0.25) is 0 Å². The quantitative estimate of drug-likeness (QED) is 0.493. The van der Waals surface area contributed by atoms with Gasteiger partial charge in [0.1, 0.15) is 11.5 Å². The van der Waals surface area contributed by atoms with Crippen molar-refractivity contribution in [3.05, 3.63) is 64.2 Å². The Bertz CT molecular complexity index is 591. The third-order valence-corrected chi connectivity index (χ3v) is 2.88. The standard InChI is InChI=1S/C14H12ClNO2/c1-9-2-7-13(17)12(8-9)14(16-18)10-3-5-11(15)6-4-10/h2-8,17-18H,1H3/b16-14+. The predicted molar refractivity (Wildman–Crippen MR) is 71.7 cm³/mol. The van der Waals surface area contributed by atoms with E-state index in [1.54, 1.807) is 42.5 Å². The van der Waals surface area contributed by atoms with Gasteiger partial charge in [0.25, 0.3) is 0 Å². The van der Waals surface area contributed by atoms with Gasteiger partial charge in [-0.2, -0.15) is 0 Å². The van der Waals surface area contributed by atoms with Gasteiger partial charge in [0, 0.05) is 16.1 Å². The summed E-state index contributed by atoms with van der Waals surface area (Å²) in [5, 5.41) is 22.9. The van der Waals surface area contributed by atoms with Crippen molar-refractivity contribution in [2.24, 2.45) is 5.16 Å². The van der Waals surface area contributed by atoms with E-state index in [0.717, 1.165) is 5.56 Å². The minimum atomic E-state index is 0.0725. The number of oxime groups is 1. The molecule has 0 spiro atoms. The highest BCUT2D eigenvalue weighted by Crippen LogP contribution is 2.23. The number of phenolic OH excluding ortho intramolecular Hbond substituents is 1. The Labute approximate surface area is 110 Å². The Morgan fingerprint density at radius 2 is 1.78 bits per heavy atom. The lowest BCUT2D eigenvalue weighted by Crippen LogP contribution is -2.04. The fraction of sp³-hybridized carbons (Fsp3) is 0.0714. The highest BCUT2D eigenvalue weighted by molar-refractivity contribution is 6.30. The second kappa shape index (κ2) is 5.10. The molecule has 2 rings (SSSR count). The van der Waals surface area contributed by atoms with Crippen molar-refractivity contribution in [2.75, 3.05) is 0 Å². The first kappa shape index (κ1) is 12.5. The van der Waals surface area contributed by atoms with E-state index in [0.29, 0.717) is 21.9 Å². The zero-order valence-electron chi connectivity index (χ0n) is 9.76. The fourth-order valence-electron chi connectivity index (χ4n) is 1.71. The van der Waals surface area contributed by atoms with Gasteiger partial charge in [-0.3, -0.25) is 0 Å². The molecule has 0 unspecified atom stereocenters. The number of aromatic hydroxyl groups is 1. The molecule has 0 bridgehead atoms. The molecule has 92 valence electrons. The lowest BCUT2D eigenvalue weighted by molar-refractivity contribution is 0.319. The summed E-state index contributed by atoms with van der Waals surface area (Å²) in [7, 11) is 0. The highest BCUT2D eigenvalue weighted by Gasteiger charge is 2.12. The van der Waals surface area contributed by atoms with Crippen molar-refractivity contribution in [1.29, 1.82) is 0 Å². The Hall–Kier alpha value is -2.00. The van der Waals surface area contributed by atoms with Gasteiger partial charge in [-0.1, -0.05) is 40.5 Å². The molecule has 0 saturated heterocycles. The van der Waals surface area contributed by atoms with Crippen LogP contribution >= 0.6 is 11.6 Å². The van der Waals surface area contributed by atoms with E-state index < -0.39 is 0 Å². The Morgan fingerprint density at radius 1 is 1.11 bits per heavy atom. The van der Waals surface area contributed by atoms with Crippen LogP contribution < -0.4 is 0 Å². The monoisotopic (exact) mass is 261 g/mol. The molecule has 3 nitrogen and oxygen atoms in total. The third-order valence-electron chi connectivity index (χ3n) is 2.62. The van der Waals surface area contributed by atoms with Gasteiger partial charge in [-0.05, 0) is 31.2 Å². The normalized spacial score (nSPS) is 11.6. The Kier molecular flexibility index (Phi) is 3.53. The van der Waals surface area contributed by atoms with Crippen LogP contribution in [0.2, 0.25) is 5.02 Å². The average molecular weight is 262 g/mol. The van der Waals surface area contributed by atoms with Gasteiger partial charge >= 0.3 is 0 Å². The summed E-state index contributed by atoms with van der Waals surface area (Å²) in [6, 6.07) is 12.0. The smallest absolute Gasteiger partial charge is 0.125 e. The van der Waals surface area contributed by atoms with Crippen molar-refractivity contribution < 1.29 is 10.3 Å². The predicted octanol–water partition coefficient (Wildman–Crippen LogP) is 3.58. The molecule has 2 aromatic rings. The van der Waals surface area contributed by atoms with Crippen LogP contribution in [0.5, 0.6) is 5.75 Å². The average Bonchev–Trinajstić information content (AvgIpc) is 2.37. The number of hydrogen-bond acceptors (Lipinski definition) is 3. The number of nitrogens with zero attached hydrogens (tertiary/aromatic N) is 1. The summed E-state index contributed by atoms with van der Waals surface area (Å²) >= 11 is 5.81. The van der Waals surface area contributed by atoms with Crippen molar-refractivity contribution in [1.82, 2.24) is 0 Å². The van der Waals surface area contributed by atoms with E-state index in [1.165, 1.54) is 0 Å². The molecule has 0 amide bonds. The number of phenols is 1. The maximum atomic E-state index is 9.83. The zero-order chi connectivity index (χ0) is 13.1. The maximum Gasteiger partial charge on any atom is 0.125 e. The summed E-state index contributed by atoms with van der Waals surface area (Å²) in [5.74, 6) is 0.0725. The van der Waals surface area contributed by atoms with Gasteiger partial charge in [-0.15, -0.1) is 0 Å². The molecule has 0 aliphatic carbocycles. The van der Waals surface area contributed by atoms with Crippen LogP contribution in [-0.2, 0) is 0 Å². The third kappa shape index (κ3) is 2.46. The van der Waals surface area contributed by atoms with Crippen molar-refractivity contribution in [3.63, 3.8) is 0 Å². The highest BCUT2D eigenvalue weighted by atomic mass is 35.5. The molecule has 4 heteroatoms. The van der Waals surface area contributed by atoms with E-state index in [1.807, 2.05) is 6.92 Å². The first-order chi connectivity index (χ1) is 8.61. The van der Waals surface area contributed by atoms with E-state index >= 15 is 0 Å². The van der Waals surface area contributed by atoms with Crippen LogP contribution in [0.25, 0.3) is 0 Å². The fourth-order valence-corrected chi connectivity index (χ4v) is 1.84. The molecule has 18 heavy (non-hydrogen) atoms. The number of benzene rings is 2. The first-order valence-electron chi connectivity index (χ1n) is 5.40. The van der Waals surface area contributed by atoms with Crippen LogP contribution in [0.1, 0.15) is 16.7 Å². The Balaban J connectivity index is 2.52. The lowest BCUT2D eigenvalue weighted by atomic mass is 10.00. The molecule has 0 aromatic heterocycles. The Morgan fingerprint density at radius 3 is 2.39 bits per heavy atom. The largest absolute Gasteiger partial charge is 0.507 e. The SMILES string of the molecule is Cc1ccc(O)c(/C(=N/O)c2ccc(Cl)cc2)c1. The molecule has 0 radical (unpaired) electrons. The van der Waals surface area contributed by atoms with Gasteiger partial charge in [0.05, 0.1) is 0 Å². The number of hydrogen-bond donors (Lipinski definition) is 2. The second-order valence-electron chi connectivity index (χ2n) is 3.98. The molecule has 2 aromatic carbocycles. The minimum absolute atomic E-state index is 0.0725. The summed E-state index contributed by atoms with van der Waals surface area (Å²) in [6.07, 6.45) is 0. The molecule has 0 saturated carbocycles. The van der Waals surface area contributed by atoms with Crippen molar-refractivity contribution in [2.45, 2.75) is 6.92 Å². The van der Waals surface area contributed by atoms with Crippen LogP contribution in [0.4, 0.5) is 0 Å². The van der Waals surface area contributed by atoms with Crippen LogP contribution in [-0.4, -0.2) is 16.0 Å². The molecule has 0 heterocycles. The van der Waals surface area contributed by atoms with E-state index in [2.05, 4.69) is 5.16 Å². The van der Waals surface area contributed by atoms with Gasteiger partial charge < -0.3 is 10.3 Å². The van der Waals surface area contributed by atoms with Crippen LogP contribution in [0.15, 0.2) is 47.6 Å². The summed E-state index contributed by atoms with van der Waals surface area (Å²) in [5.41, 5.74) is 2.45. The van der Waals surface area contributed by atoms with E-state index in [-0.39, 0.29) is 5.75 Å². The van der Waals surface area contributed by atoms with Crippen molar-refractivity contribution >= 4 is 17.3 Å². The second-order valence-corrected chi connectivity index (χ2v) is 4.41. The summed E-state index contributed by atoms with van der Waals surface area (Å²) in [4.78, 5) is 0. The first-order valence-corrected chi connectivity index (χ1v) is 5.77. The maximum absolute atomic E-state index is 9.83. The topological polar surface area (TPSA) is 52.8 Å². The lowest BCUT2D eigenvalue weighted by Gasteiger charge is -2.08. The van der Waals surface area contributed by atoms with E-state index in [4.69, 9.17) is 16.8 Å². The van der Waals surface area contributed by atoms with Crippen LogP contribution in [0.3, 0.4) is 0 Å². The van der Waals surface area contributed by atoms with Gasteiger partial charge in [0.15, 0.2) is 0 Å². The molecular formula is C14H12ClNO2. The van der Waals surface area contributed by atoms with E-state index in [9.17, 15) is 5.11 Å². The number of rotatable bonds is 2. The zero-order valence-corrected chi connectivity index (χ0v) is 10.5. The minimum Gasteiger partial charge on any atom is -0.507 e. The van der Waals surface area contributed by atoms with Crippen molar-refractivity contribution in [3.8, 4) is 5.75 Å². The molecule has 0 aliphatic heterocycles. The van der Waals surface area contributed by atoms with Crippen LogP contribution in [0, 0.1) is 6.92 Å². The van der Waals surface area contributed by atoms with Gasteiger partial charge in [-0.25, -0.2) is 0 Å². The molecule has 0 atom stereocenters. The molecular weight excluding hydrogens is 250 g/mol. The molecule has 2 N–H and O–H groups in total. The summed E-state index contributed by atoms with van der Waals surface area (Å²) < 4.78 is 0. The number of aryl methyl sites for hydroxylation is 1. The molecule has 0 fully saturated rings. The summed E-state index contributed by atoms with van der Waals surface area (Å²) in [6.45, 7) is 1.90. The number of halogens is 1.